The lowest BCUT2D eigenvalue weighted by atomic mass is 10.2. The summed E-state index contributed by atoms with van der Waals surface area (Å²) in [6.07, 6.45) is 0.0994. The standard InChI is InChI=1S/C18H16BrN3O3/c19-13-5-3-4-12(10-13)11-20-16(23)8-9-22-18(25)15-7-2-1-6-14(15)17(24)21-22/h1-7,10H,8-9,11H2,(H,20,23)(H,21,24). The van der Waals surface area contributed by atoms with Gasteiger partial charge in [-0.05, 0) is 29.8 Å². The molecule has 1 amide bonds. The lowest BCUT2D eigenvalue weighted by Crippen LogP contribution is -2.32. The Kier molecular flexibility index (Phi) is 5.14. The summed E-state index contributed by atoms with van der Waals surface area (Å²) >= 11 is 3.38. The second-order valence-corrected chi connectivity index (χ2v) is 6.52. The van der Waals surface area contributed by atoms with Crippen LogP contribution in [0.2, 0.25) is 0 Å². The number of hydrogen-bond donors (Lipinski definition) is 2. The van der Waals surface area contributed by atoms with Gasteiger partial charge in [0.15, 0.2) is 0 Å². The molecule has 2 N–H and O–H groups in total. The van der Waals surface area contributed by atoms with Crippen molar-refractivity contribution in [2.45, 2.75) is 19.5 Å². The van der Waals surface area contributed by atoms with Gasteiger partial charge in [0.05, 0.1) is 17.3 Å². The molecule has 0 atom stereocenters. The normalized spacial score (nSPS) is 10.8. The minimum Gasteiger partial charge on any atom is -0.352 e. The van der Waals surface area contributed by atoms with Crippen molar-refractivity contribution in [3.05, 3.63) is 79.3 Å². The first-order valence-corrected chi connectivity index (χ1v) is 8.57. The highest BCUT2D eigenvalue weighted by molar-refractivity contribution is 9.10. The maximum atomic E-state index is 12.4. The molecule has 7 heteroatoms. The van der Waals surface area contributed by atoms with E-state index in [0.29, 0.717) is 17.3 Å². The number of nitrogens with one attached hydrogen (secondary N) is 2. The second-order valence-electron chi connectivity index (χ2n) is 5.60. The third-order valence-electron chi connectivity index (χ3n) is 3.82. The topological polar surface area (TPSA) is 84.0 Å². The minimum atomic E-state index is -0.343. The van der Waals surface area contributed by atoms with Gasteiger partial charge in [-0.1, -0.05) is 40.2 Å². The van der Waals surface area contributed by atoms with Crippen LogP contribution in [0.15, 0.2) is 62.6 Å². The summed E-state index contributed by atoms with van der Waals surface area (Å²) < 4.78 is 2.13. The van der Waals surface area contributed by atoms with Gasteiger partial charge in [0.2, 0.25) is 5.91 Å². The molecule has 1 heterocycles. The van der Waals surface area contributed by atoms with Gasteiger partial charge in [0.25, 0.3) is 11.1 Å². The zero-order valence-electron chi connectivity index (χ0n) is 13.3. The Morgan fingerprint density at radius 3 is 2.60 bits per heavy atom. The van der Waals surface area contributed by atoms with Crippen molar-refractivity contribution in [2.75, 3.05) is 0 Å². The van der Waals surface area contributed by atoms with Gasteiger partial charge in [0, 0.05) is 17.4 Å². The molecule has 1 aromatic heterocycles. The Hall–Kier alpha value is -2.67. The predicted molar refractivity (Wildman–Crippen MR) is 99.4 cm³/mol. The average Bonchev–Trinajstić information content (AvgIpc) is 2.62. The summed E-state index contributed by atoms with van der Waals surface area (Å²) in [6, 6.07) is 14.3. The number of halogens is 1. The van der Waals surface area contributed by atoms with E-state index in [1.54, 1.807) is 24.3 Å². The third-order valence-corrected chi connectivity index (χ3v) is 4.32. The van der Waals surface area contributed by atoms with E-state index in [0.717, 1.165) is 10.0 Å². The molecule has 2 aromatic carbocycles. The fourth-order valence-corrected chi connectivity index (χ4v) is 3.00. The molecule has 0 radical (unpaired) electrons. The van der Waals surface area contributed by atoms with E-state index in [1.165, 1.54) is 4.68 Å². The molecular formula is C18H16BrN3O3. The van der Waals surface area contributed by atoms with Gasteiger partial charge in [-0.3, -0.25) is 19.5 Å². The smallest absolute Gasteiger partial charge is 0.273 e. The van der Waals surface area contributed by atoms with Crippen LogP contribution >= 0.6 is 15.9 Å². The van der Waals surface area contributed by atoms with Gasteiger partial charge < -0.3 is 5.32 Å². The van der Waals surface area contributed by atoms with Crippen LogP contribution in [0, 0.1) is 0 Å². The fraction of sp³-hybridized carbons (Fsp3) is 0.167. The van der Waals surface area contributed by atoms with E-state index in [2.05, 4.69) is 26.3 Å². The first kappa shape index (κ1) is 17.2. The zero-order chi connectivity index (χ0) is 17.8. The molecule has 0 aliphatic heterocycles. The van der Waals surface area contributed by atoms with Crippen molar-refractivity contribution >= 4 is 32.6 Å². The number of aromatic nitrogens is 2. The van der Waals surface area contributed by atoms with E-state index in [-0.39, 0.29) is 30.0 Å². The molecule has 0 spiro atoms. The molecule has 0 saturated carbocycles. The van der Waals surface area contributed by atoms with Crippen LogP contribution in [0.25, 0.3) is 10.8 Å². The number of benzene rings is 2. The Morgan fingerprint density at radius 1 is 1.08 bits per heavy atom. The van der Waals surface area contributed by atoms with Crippen molar-refractivity contribution < 1.29 is 4.79 Å². The number of aromatic amines is 1. The average molecular weight is 402 g/mol. The van der Waals surface area contributed by atoms with Crippen molar-refractivity contribution in [2.24, 2.45) is 0 Å². The lowest BCUT2D eigenvalue weighted by Gasteiger charge is -2.08. The number of nitrogens with zero attached hydrogens (tertiary/aromatic N) is 1. The van der Waals surface area contributed by atoms with Crippen LogP contribution in [-0.4, -0.2) is 15.7 Å². The highest BCUT2D eigenvalue weighted by Gasteiger charge is 2.08. The van der Waals surface area contributed by atoms with E-state index < -0.39 is 0 Å². The minimum absolute atomic E-state index is 0.0994. The number of fused-ring (bicyclic) bond motifs is 1. The van der Waals surface area contributed by atoms with Gasteiger partial charge in [-0.15, -0.1) is 0 Å². The van der Waals surface area contributed by atoms with Crippen molar-refractivity contribution in [1.82, 2.24) is 15.1 Å². The number of hydrogen-bond acceptors (Lipinski definition) is 3. The first-order valence-electron chi connectivity index (χ1n) is 7.77. The van der Waals surface area contributed by atoms with Crippen LogP contribution < -0.4 is 16.4 Å². The summed E-state index contributed by atoms with van der Waals surface area (Å²) in [5.74, 6) is -0.194. The van der Waals surface area contributed by atoms with Crippen LogP contribution in [0.4, 0.5) is 0 Å². The molecule has 0 aliphatic carbocycles. The molecule has 6 nitrogen and oxygen atoms in total. The van der Waals surface area contributed by atoms with Crippen molar-refractivity contribution in [1.29, 1.82) is 0 Å². The SMILES string of the molecule is O=C(CCn1[nH]c(=O)c2ccccc2c1=O)NCc1cccc(Br)c1. The first-order chi connectivity index (χ1) is 12.0. The van der Waals surface area contributed by atoms with Gasteiger partial charge in [-0.25, -0.2) is 4.68 Å². The number of rotatable bonds is 5. The second kappa shape index (κ2) is 7.48. The summed E-state index contributed by atoms with van der Waals surface area (Å²) in [5.41, 5.74) is 0.318. The predicted octanol–water partition coefficient (Wildman–Crippen LogP) is 2.16. The monoisotopic (exact) mass is 401 g/mol. The van der Waals surface area contributed by atoms with E-state index >= 15 is 0 Å². The maximum Gasteiger partial charge on any atom is 0.273 e. The summed E-state index contributed by atoms with van der Waals surface area (Å²) in [6.45, 7) is 0.518. The summed E-state index contributed by atoms with van der Waals surface area (Å²) in [5, 5.41) is 6.02. The molecule has 0 bridgehead atoms. The number of carbonyl (C=O) groups is 1. The van der Waals surface area contributed by atoms with Gasteiger partial charge in [-0.2, -0.15) is 0 Å². The molecule has 0 saturated heterocycles. The highest BCUT2D eigenvalue weighted by atomic mass is 79.9. The summed E-state index contributed by atoms with van der Waals surface area (Å²) in [4.78, 5) is 36.4. The number of H-pyrrole nitrogens is 1. The van der Waals surface area contributed by atoms with E-state index in [9.17, 15) is 14.4 Å². The quantitative estimate of drug-likeness (QED) is 0.686. The van der Waals surface area contributed by atoms with Crippen LogP contribution in [0.1, 0.15) is 12.0 Å². The van der Waals surface area contributed by atoms with E-state index in [1.807, 2.05) is 24.3 Å². The number of aryl methyl sites for hydroxylation is 1. The molecule has 0 fully saturated rings. The van der Waals surface area contributed by atoms with E-state index in [4.69, 9.17) is 0 Å². The Labute approximate surface area is 151 Å². The molecule has 3 rings (SSSR count). The molecule has 128 valence electrons. The fourth-order valence-electron chi connectivity index (χ4n) is 2.55. The molecular weight excluding hydrogens is 386 g/mol. The van der Waals surface area contributed by atoms with Crippen molar-refractivity contribution in [3.8, 4) is 0 Å². The highest BCUT2D eigenvalue weighted by Crippen LogP contribution is 2.11. The lowest BCUT2D eigenvalue weighted by molar-refractivity contribution is -0.121. The van der Waals surface area contributed by atoms with Crippen LogP contribution in [0.5, 0.6) is 0 Å². The summed E-state index contributed by atoms with van der Waals surface area (Å²) in [7, 11) is 0. The van der Waals surface area contributed by atoms with Crippen LogP contribution in [-0.2, 0) is 17.9 Å². The molecule has 0 aliphatic rings. The van der Waals surface area contributed by atoms with Crippen molar-refractivity contribution in [3.63, 3.8) is 0 Å². The largest absolute Gasteiger partial charge is 0.352 e. The Bertz CT molecular complexity index is 1040. The Morgan fingerprint density at radius 2 is 1.84 bits per heavy atom. The maximum absolute atomic E-state index is 12.4. The third kappa shape index (κ3) is 4.06. The van der Waals surface area contributed by atoms with Crippen LogP contribution in [0.3, 0.4) is 0 Å². The molecule has 0 unspecified atom stereocenters. The van der Waals surface area contributed by atoms with Gasteiger partial charge in [0.1, 0.15) is 0 Å². The Balaban J connectivity index is 1.66. The molecule has 25 heavy (non-hydrogen) atoms. The number of amides is 1. The zero-order valence-corrected chi connectivity index (χ0v) is 14.9. The number of carbonyl (C=O) groups excluding carboxylic acids is 1. The van der Waals surface area contributed by atoms with Gasteiger partial charge >= 0.3 is 0 Å². The molecule has 3 aromatic rings.